The Hall–Kier alpha value is -1.35. The predicted molar refractivity (Wildman–Crippen MR) is 74.8 cm³/mol. The van der Waals surface area contributed by atoms with Crippen LogP contribution in [0.1, 0.15) is 30.9 Å². The third-order valence-electron chi connectivity index (χ3n) is 3.71. The highest BCUT2D eigenvalue weighted by Crippen LogP contribution is 2.21. The number of anilines is 1. The molecule has 1 unspecified atom stereocenters. The van der Waals surface area contributed by atoms with E-state index < -0.39 is 0 Å². The Morgan fingerprint density at radius 2 is 2.22 bits per heavy atom. The highest BCUT2D eigenvalue weighted by molar-refractivity contribution is 5.95. The van der Waals surface area contributed by atoms with E-state index >= 15 is 0 Å². The van der Waals surface area contributed by atoms with Crippen LogP contribution in [0, 0.1) is 13.8 Å². The van der Waals surface area contributed by atoms with E-state index in [1.165, 1.54) is 5.56 Å². The SMILES string of the molecule is CCN1CCCC1C(=O)Nc1ccc(C)cc1C. The number of aryl methyl sites for hydroxylation is 2. The second-order valence-electron chi connectivity index (χ2n) is 5.09. The average Bonchev–Trinajstić information content (AvgIpc) is 2.81. The van der Waals surface area contributed by atoms with Crippen molar-refractivity contribution in [3.8, 4) is 0 Å². The minimum absolute atomic E-state index is 0.0516. The molecule has 1 aliphatic heterocycles. The molecular weight excluding hydrogens is 224 g/mol. The molecule has 1 amide bonds. The van der Waals surface area contributed by atoms with Crippen LogP contribution in [0.4, 0.5) is 5.69 Å². The van der Waals surface area contributed by atoms with Gasteiger partial charge in [-0.25, -0.2) is 0 Å². The molecule has 1 aliphatic rings. The number of amides is 1. The van der Waals surface area contributed by atoms with Gasteiger partial charge in [-0.2, -0.15) is 0 Å². The second-order valence-corrected chi connectivity index (χ2v) is 5.09. The predicted octanol–water partition coefficient (Wildman–Crippen LogP) is 2.73. The largest absolute Gasteiger partial charge is 0.324 e. The molecule has 0 radical (unpaired) electrons. The van der Waals surface area contributed by atoms with Crippen LogP contribution in [0.5, 0.6) is 0 Å². The van der Waals surface area contributed by atoms with E-state index in [9.17, 15) is 4.79 Å². The number of likely N-dealkylation sites (N-methyl/N-ethyl adjacent to an activating group) is 1. The van der Waals surface area contributed by atoms with Crippen LogP contribution in [-0.2, 0) is 4.79 Å². The third-order valence-corrected chi connectivity index (χ3v) is 3.71. The summed E-state index contributed by atoms with van der Waals surface area (Å²) in [6, 6.07) is 6.18. The van der Waals surface area contributed by atoms with Crippen LogP contribution in [0.3, 0.4) is 0 Å². The van der Waals surface area contributed by atoms with Crippen LogP contribution in [0.15, 0.2) is 18.2 Å². The van der Waals surface area contributed by atoms with Gasteiger partial charge < -0.3 is 5.32 Å². The van der Waals surface area contributed by atoms with Gasteiger partial charge in [-0.1, -0.05) is 24.6 Å². The summed E-state index contributed by atoms with van der Waals surface area (Å²) >= 11 is 0. The summed E-state index contributed by atoms with van der Waals surface area (Å²) in [7, 11) is 0. The number of rotatable bonds is 3. The molecule has 1 heterocycles. The zero-order chi connectivity index (χ0) is 13.1. The first kappa shape index (κ1) is 13.1. The van der Waals surface area contributed by atoms with E-state index in [1.54, 1.807) is 0 Å². The summed E-state index contributed by atoms with van der Waals surface area (Å²) < 4.78 is 0. The average molecular weight is 246 g/mol. The number of nitrogens with one attached hydrogen (secondary N) is 1. The maximum absolute atomic E-state index is 12.3. The maximum Gasteiger partial charge on any atom is 0.241 e. The van der Waals surface area contributed by atoms with E-state index in [-0.39, 0.29) is 11.9 Å². The van der Waals surface area contributed by atoms with Crippen molar-refractivity contribution in [1.82, 2.24) is 4.90 Å². The van der Waals surface area contributed by atoms with Crippen molar-refractivity contribution in [2.45, 2.75) is 39.7 Å². The zero-order valence-corrected chi connectivity index (χ0v) is 11.5. The Morgan fingerprint density at radius 1 is 1.44 bits per heavy atom. The van der Waals surface area contributed by atoms with Gasteiger partial charge in [0.2, 0.25) is 5.91 Å². The molecule has 3 nitrogen and oxygen atoms in total. The maximum atomic E-state index is 12.3. The molecule has 1 atom stereocenters. The van der Waals surface area contributed by atoms with Crippen molar-refractivity contribution < 1.29 is 4.79 Å². The molecule has 0 saturated carbocycles. The summed E-state index contributed by atoms with van der Waals surface area (Å²) in [5.74, 6) is 0.140. The van der Waals surface area contributed by atoms with Gasteiger partial charge in [-0.05, 0) is 51.4 Å². The van der Waals surface area contributed by atoms with Crippen molar-refractivity contribution in [2.75, 3.05) is 18.4 Å². The molecule has 18 heavy (non-hydrogen) atoms. The number of hydrogen-bond donors (Lipinski definition) is 1. The first-order valence-electron chi connectivity index (χ1n) is 6.74. The molecule has 0 spiro atoms. The lowest BCUT2D eigenvalue weighted by atomic mass is 10.1. The van der Waals surface area contributed by atoms with E-state index in [1.807, 2.05) is 19.1 Å². The standard InChI is InChI=1S/C15H22N2O/c1-4-17-9-5-6-14(17)15(18)16-13-8-7-11(2)10-12(13)3/h7-8,10,14H,4-6,9H2,1-3H3,(H,16,18). The minimum atomic E-state index is 0.0516. The van der Waals surface area contributed by atoms with Crippen LogP contribution < -0.4 is 5.32 Å². The third kappa shape index (κ3) is 2.72. The summed E-state index contributed by atoms with van der Waals surface area (Å²) in [5.41, 5.74) is 3.29. The Kier molecular flexibility index (Phi) is 4.02. The molecule has 0 bridgehead atoms. The van der Waals surface area contributed by atoms with Crippen LogP contribution in [0.2, 0.25) is 0 Å². The van der Waals surface area contributed by atoms with Crippen molar-refractivity contribution in [3.05, 3.63) is 29.3 Å². The molecule has 0 aliphatic carbocycles. The van der Waals surface area contributed by atoms with E-state index in [2.05, 4.69) is 30.1 Å². The van der Waals surface area contributed by atoms with Crippen molar-refractivity contribution in [1.29, 1.82) is 0 Å². The quantitative estimate of drug-likeness (QED) is 0.889. The molecule has 1 saturated heterocycles. The number of carbonyl (C=O) groups excluding carboxylic acids is 1. The van der Waals surface area contributed by atoms with Crippen LogP contribution in [-0.4, -0.2) is 29.9 Å². The van der Waals surface area contributed by atoms with Gasteiger partial charge in [0.1, 0.15) is 0 Å². The smallest absolute Gasteiger partial charge is 0.241 e. The van der Waals surface area contributed by atoms with Gasteiger partial charge in [0.15, 0.2) is 0 Å². The topological polar surface area (TPSA) is 32.3 Å². The van der Waals surface area contributed by atoms with E-state index in [4.69, 9.17) is 0 Å². The van der Waals surface area contributed by atoms with Gasteiger partial charge in [-0.3, -0.25) is 9.69 Å². The number of nitrogens with zero attached hydrogens (tertiary/aromatic N) is 1. The minimum Gasteiger partial charge on any atom is -0.324 e. The van der Waals surface area contributed by atoms with Crippen molar-refractivity contribution in [3.63, 3.8) is 0 Å². The summed E-state index contributed by atoms with van der Waals surface area (Å²) in [6.07, 6.45) is 2.10. The van der Waals surface area contributed by atoms with Crippen molar-refractivity contribution in [2.24, 2.45) is 0 Å². The molecule has 2 rings (SSSR count). The van der Waals surface area contributed by atoms with E-state index in [0.29, 0.717) is 0 Å². The summed E-state index contributed by atoms with van der Waals surface area (Å²) in [4.78, 5) is 14.5. The summed E-state index contributed by atoms with van der Waals surface area (Å²) in [5, 5.41) is 3.06. The Labute approximate surface area is 109 Å². The van der Waals surface area contributed by atoms with Gasteiger partial charge in [0.25, 0.3) is 0 Å². The molecule has 1 N–H and O–H groups in total. The molecule has 0 aromatic heterocycles. The van der Waals surface area contributed by atoms with Gasteiger partial charge in [0, 0.05) is 5.69 Å². The molecule has 3 heteroatoms. The van der Waals surface area contributed by atoms with Gasteiger partial charge >= 0.3 is 0 Å². The number of hydrogen-bond acceptors (Lipinski definition) is 2. The van der Waals surface area contributed by atoms with Crippen LogP contribution in [0.25, 0.3) is 0 Å². The first-order chi connectivity index (χ1) is 8.61. The zero-order valence-electron chi connectivity index (χ0n) is 11.5. The summed E-state index contributed by atoms with van der Waals surface area (Å²) in [6.45, 7) is 8.21. The fourth-order valence-electron chi connectivity index (χ4n) is 2.67. The molecule has 1 aromatic carbocycles. The molecule has 1 fully saturated rings. The highest BCUT2D eigenvalue weighted by Gasteiger charge is 2.29. The molecule has 1 aromatic rings. The lowest BCUT2D eigenvalue weighted by molar-refractivity contribution is -0.120. The monoisotopic (exact) mass is 246 g/mol. The highest BCUT2D eigenvalue weighted by atomic mass is 16.2. The number of likely N-dealkylation sites (tertiary alicyclic amines) is 1. The Balaban J connectivity index is 2.07. The Morgan fingerprint density at radius 3 is 2.89 bits per heavy atom. The lowest BCUT2D eigenvalue weighted by Crippen LogP contribution is -2.39. The van der Waals surface area contributed by atoms with Crippen LogP contribution >= 0.6 is 0 Å². The van der Waals surface area contributed by atoms with Gasteiger partial charge in [-0.15, -0.1) is 0 Å². The number of carbonyl (C=O) groups is 1. The van der Waals surface area contributed by atoms with E-state index in [0.717, 1.165) is 37.2 Å². The Bertz CT molecular complexity index is 442. The normalized spacial score (nSPS) is 20.1. The molecule has 98 valence electrons. The fraction of sp³-hybridized carbons (Fsp3) is 0.533. The van der Waals surface area contributed by atoms with Crippen molar-refractivity contribution >= 4 is 11.6 Å². The number of benzene rings is 1. The fourth-order valence-corrected chi connectivity index (χ4v) is 2.67. The lowest BCUT2D eigenvalue weighted by Gasteiger charge is -2.22. The molecular formula is C15H22N2O. The second kappa shape index (κ2) is 5.53. The van der Waals surface area contributed by atoms with Gasteiger partial charge in [0.05, 0.1) is 6.04 Å². The first-order valence-corrected chi connectivity index (χ1v) is 6.74.